The van der Waals surface area contributed by atoms with Crippen molar-refractivity contribution in [3.05, 3.63) is 58.1 Å². The van der Waals surface area contributed by atoms with Gasteiger partial charge in [0, 0.05) is 12.0 Å². The number of benzene rings is 2. The van der Waals surface area contributed by atoms with Gasteiger partial charge in [-0.05, 0) is 37.1 Å². The Bertz CT molecular complexity index is 868. The topological polar surface area (TPSA) is 121 Å². The molecule has 7 nitrogen and oxygen atoms in total. The third kappa shape index (κ3) is 3.51. The molecule has 2 aromatic carbocycles. The van der Waals surface area contributed by atoms with E-state index in [1.807, 2.05) is 0 Å². The summed E-state index contributed by atoms with van der Waals surface area (Å²) in [7, 11) is 0. The van der Waals surface area contributed by atoms with Crippen LogP contribution in [0.4, 0.5) is 0 Å². The monoisotopic (exact) mass is 344 g/mol. The van der Waals surface area contributed by atoms with E-state index in [0.717, 1.165) is 13.0 Å². The maximum Gasteiger partial charge on any atom is 0.376 e. The van der Waals surface area contributed by atoms with Crippen LogP contribution >= 0.6 is 0 Å². The second kappa shape index (κ2) is 7.14. The lowest BCUT2D eigenvalue weighted by Gasteiger charge is -2.16. The number of ketones is 2. The van der Waals surface area contributed by atoms with Gasteiger partial charge < -0.3 is 10.2 Å². The molecule has 0 aromatic heterocycles. The number of para-hydroxylation sites is 1. The summed E-state index contributed by atoms with van der Waals surface area (Å²) < 4.78 is 0. The molecule has 2 rings (SSSR count). The summed E-state index contributed by atoms with van der Waals surface area (Å²) in [6.45, 7) is 2.36. The van der Waals surface area contributed by atoms with E-state index < -0.39 is 28.8 Å². The Balaban J connectivity index is 2.78. The van der Waals surface area contributed by atoms with E-state index in [2.05, 4.69) is 4.89 Å². The first kappa shape index (κ1) is 18.2. The number of hydrogen-bond acceptors (Lipinski definition) is 7. The van der Waals surface area contributed by atoms with Crippen molar-refractivity contribution < 1.29 is 34.7 Å². The van der Waals surface area contributed by atoms with Crippen LogP contribution in [0.3, 0.4) is 0 Å². The molecule has 0 bridgehead atoms. The van der Waals surface area contributed by atoms with Gasteiger partial charge in [-0.3, -0.25) is 14.5 Å². The average Bonchev–Trinajstić information content (AvgIpc) is 2.56. The minimum atomic E-state index is -1.27. The highest BCUT2D eigenvalue weighted by atomic mass is 17.1. The molecule has 7 heteroatoms. The molecule has 0 heterocycles. The summed E-state index contributed by atoms with van der Waals surface area (Å²) >= 11 is 0. The number of carbonyl (C=O) groups excluding carboxylic acids is 3. The summed E-state index contributed by atoms with van der Waals surface area (Å²) in [6.07, 6.45) is 0.0217. The van der Waals surface area contributed by atoms with Gasteiger partial charge in [0.05, 0.1) is 5.56 Å². The SMILES string of the molecule is CC(=O)c1c(Cc2ccccc2O)cc(C(=O)OO)c(O)c1C(C)=O. The Hall–Kier alpha value is -3.19. The zero-order valence-electron chi connectivity index (χ0n) is 13.6. The van der Waals surface area contributed by atoms with Gasteiger partial charge in [-0.15, -0.1) is 0 Å². The summed E-state index contributed by atoms with van der Waals surface area (Å²) in [5, 5.41) is 28.7. The zero-order chi connectivity index (χ0) is 18.7. The lowest BCUT2D eigenvalue weighted by atomic mass is 9.88. The predicted octanol–water partition coefficient (Wildman–Crippen LogP) is 2.72. The van der Waals surface area contributed by atoms with Crippen molar-refractivity contribution >= 4 is 17.5 Å². The molecule has 130 valence electrons. The third-order valence-corrected chi connectivity index (χ3v) is 3.76. The molecule has 0 saturated heterocycles. The Kier molecular flexibility index (Phi) is 5.19. The Morgan fingerprint density at radius 3 is 2.08 bits per heavy atom. The van der Waals surface area contributed by atoms with Crippen LogP contribution in [-0.4, -0.2) is 33.0 Å². The highest BCUT2D eigenvalue weighted by molar-refractivity contribution is 6.12. The summed E-state index contributed by atoms with van der Waals surface area (Å²) in [5.41, 5.74) is -0.155. The molecule has 0 amide bonds. The maximum atomic E-state index is 12.1. The predicted molar refractivity (Wildman–Crippen MR) is 87.1 cm³/mol. The van der Waals surface area contributed by atoms with Gasteiger partial charge in [0.25, 0.3) is 0 Å². The van der Waals surface area contributed by atoms with E-state index in [-0.39, 0.29) is 28.9 Å². The minimum absolute atomic E-state index is 0.0217. The summed E-state index contributed by atoms with van der Waals surface area (Å²) in [5.74, 6) is -3.16. The van der Waals surface area contributed by atoms with Gasteiger partial charge in [-0.1, -0.05) is 18.2 Å². The van der Waals surface area contributed by atoms with E-state index >= 15 is 0 Å². The molecule has 0 aliphatic heterocycles. The molecular formula is C18H16O7. The number of phenols is 2. The van der Waals surface area contributed by atoms with Gasteiger partial charge in [0.15, 0.2) is 11.6 Å². The fourth-order valence-corrected chi connectivity index (χ4v) is 2.68. The zero-order valence-corrected chi connectivity index (χ0v) is 13.6. The quantitative estimate of drug-likeness (QED) is 0.433. The molecule has 2 aromatic rings. The van der Waals surface area contributed by atoms with Crippen molar-refractivity contribution in [1.29, 1.82) is 0 Å². The molecule has 0 atom stereocenters. The molecule has 3 N–H and O–H groups in total. The van der Waals surface area contributed by atoms with Crippen molar-refractivity contribution in [2.75, 3.05) is 0 Å². The number of hydrogen-bond donors (Lipinski definition) is 3. The van der Waals surface area contributed by atoms with Gasteiger partial charge in [-0.25, -0.2) is 4.79 Å². The number of carbonyl (C=O) groups is 3. The van der Waals surface area contributed by atoms with E-state index in [0.29, 0.717) is 5.56 Å². The lowest BCUT2D eigenvalue weighted by molar-refractivity contribution is -0.182. The summed E-state index contributed by atoms with van der Waals surface area (Å²) in [6, 6.07) is 7.53. The third-order valence-electron chi connectivity index (χ3n) is 3.76. The molecule has 0 saturated carbocycles. The highest BCUT2D eigenvalue weighted by Gasteiger charge is 2.27. The van der Waals surface area contributed by atoms with Crippen molar-refractivity contribution in [3.63, 3.8) is 0 Å². The van der Waals surface area contributed by atoms with Crippen LogP contribution in [0, 0.1) is 0 Å². The van der Waals surface area contributed by atoms with Crippen LogP contribution in [-0.2, 0) is 11.3 Å². The number of rotatable bonds is 5. The number of aromatic hydroxyl groups is 2. The summed E-state index contributed by atoms with van der Waals surface area (Å²) in [4.78, 5) is 39.3. The van der Waals surface area contributed by atoms with Crippen molar-refractivity contribution in [1.82, 2.24) is 0 Å². The fourth-order valence-electron chi connectivity index (χ4n) is 2.68. The first-order valence-corrected chi connectivity index (χ1v) is 7.31. The first-order valence-electron chi connectivity index (χ1n) is 7.31. The number of phenolic OH excluding ortho intramolecular Hbond substituents is 2. The first-order chi connectivity index (χ1) is 11.8. The normalized spacial score (nSPS) is 10.4. The smallest absolute Gasteiger partial charge is 0.376 e. The minimum Gasteiger partial charge on any atom is -0.508 e. The highest BCUT2D eigenvalue weighted by Crippen LogP contribution is 2.33. The average molecular weight is 344 g/mol. The van der Waals surface area contributed by atoms with Gasteiger partial charge in [0.2, 0.25) is 0 Å². The molecule has 0 radical (unpaired) electrons. The lowest BCUT2D eigenvalue weighted by Crippen LogP contribution is -2.14. The van der Waals surface area contributed by atoms with Gasteiger partial charge in [0.1, 0.15) is 17.1 Å². The Morgan fingerprint density at radius 2 is 1.56 bits per heavy atom. The van der Waals surface area contributed by atoms with Crippen LogP contribution in [0.15, 0.2) is 30.3 Å². The fraction of sp³-hybridized carbons (Fsp3) is 0.167. The van der Waals surface area contributed by atoms with Crippen LogP contribution < -0.4 is 0 Å². The molecule has 0 aliphatic rings. The largest absolute Gasteiger partial charge is 0.508 e. The van der Waals surface area contributed by atoms with E-state index in [1.54, 1.807) is 18.2 Å². The Labute approximate surface area is 143 Å². The van der Waals surface area contributed by atoms with E-state index in [9.17, 15) is 24.6 Å². The van der Waals surface area contributed by atoms with Crippen molar-refractivity contribution in [2.24, 2.45) is 0 Å². The Morgan fingerprint density at radius 1 is 0.960 bits per heavy atom. The van der Waals surface area contributed by atoms with Crippen molar-refractivity contribution in [3.8, 4) is 11.5 Å². The van der Waals surface area contributed by atoms with Crippen LogP contribution in [0.25, 0.3) is 0 Å². The second-order valence-electron chi connectivity index (χ2n) is 5.48. The van der Waals surface area contributed by atoms with Crippen LogP contribution in [0.1, 0.15) is 56.0 Å². The molecule has 0 unspecified atom stereocenters. The maximum absolute atomic E-state index is 12.1. The molecule has 0 spiro atoms. The molecule has 0 fully saturated rings. The number of Topliss-reactive ketones (excluding diaryl/α,β-unsaturated/α-hetero) is 2. The van der Waals surface area contributed by atoms with Gasteiger partial charge >= 0.3 is 5.97 Å². The van der Waals surface area contributed by atoms with Crippen molar-refractivity contribution in [2.45, 2.75) is 20.3 Å². The van der Waals surface area contributed by atoms with Gasteiger partial charge in [-0.2, -0.15) is 5.26 Å². The molecule has 25 heavy (non-hydrogen) atoms. The molecule has 0 aliphatic carbocycles. The van der Waals surface area contributed by atoms with E-state index in [4.69, 9.17) is 5.26 Å². The molecular weight excluding hydrogens is 328 g/mol. The van der Waals surface area contributed by atoms with Crippen LogP contribution in [0.2, 0.25) is 0 Å². The second-order valence-corrected chi connectivity index (χ2v) is 5.48. The standard InChI is InChI=1S/C18H16O7/c1-9(19)15-12(7-11-5-3-4-6-14(11)21)8-13(18(23)25-24)17(22)16(15)10(2)20/h3-6,8,21-22,24H,7H2,1-2H3. The van der Waals surface area contributed by atoms with Crippen LogP contribution in [0.5, 0.6) is 11.5 Å². The van der Waals surface area contributed by atoms with E-state index in [1.165, 1.54) is 13.0 Å².